The highest BCUT2D eigenvalue weighted by Gasteiger charge is 2.11. The highest BCUT2D eigenvalue weighted by molar-refractivity contribution is 8.13. The van der Waals surface area contributed by atoms with Gasteiger partial charge in [0.1, 0.15) is 0 Å². The van der Waals surface area contributed by atoms with Crippen LogP contribution in [0.4, 0.5) is 0 Å². The van der Waals surface area contributed by atoms with Gasteiger partial charge >= 0.3 is 0 Å². The molecule has 8 heteroatoms. The van der Waals surface area contributed by atoms with Crippen LogP contribution in [0.15, 0.2) is 47.6 Å². The van der Waals surface area contributed by atoms with E-state index in [0.717, 1.165) is 5.56 Å². The molecule has 0 spiro atoms. The van der Waals surface area contributed by atoms with E-state index in [1.165, 1.54) is 30.6 Å². The molecule has 0 bridgehead atoms. The summed E-state index contributed by atoms with van der Waals surface area (Å²) in [6, 6.07) is 7.42. The first-order chi connectivity index (χ1) is 9.88. The molecule has 0 saturated heterocycles. The lowest BCUT2D eigenvalue weighted by Gasteiger charge is -2.07. The molecule has 0 fully saturated rings. The zero-order valence-electron chi connectivity index (χ0n) is 10.6. The van der Waals surface area contributed by atoms with E-state index < -0.39 is 9.05 Å². The molecule has 0 aliphatic carbocycles. The van der Waals surface area contributed by atoms with Crippen molar-refractivity contribution in [2.24, 2.45) is 0 Å². The van der Waals surface area contributed by atoms with Crippen molar-refractivity contribution in [2.75, 3.05) is 0 Å². The van der Waals surface area contributed by atoms with Crippen LogP contribution in [0.3, 0.4) is 0 Å². The Bertz CT molecular complexity index is 761. The van der Waals surface area contributed by atoms with E-state index in [0.29, 0.717) is 5.56 Å². The van der Waals surface area contributed by atoms with Gasteiger partial charge in [0.2, 0.25) is 0 Å². The van der Waals surface area contributed by atoms with E-state index in [1.807, 2.05) is 0 Å². The summed E-state index contributed by atoms with van der Waals surface area (Å²) < 4.78 is 22.2. The maximum Gasteiger partial charge on any atom is 0.261 e. The zero-order chi connectivity index (χ0) is 15.5. The molecule has 1 aromatic heterocycles. The lowest BCUT2D eigenvalue weighted by atomic mass is 10.2. The number of carbonyl (C=O) groups is 1. The topological polar surface area (TPSA) is 76.1 Å². The van der Waals surface area contributed by atoms with E-state index in [2.05, 4.69) is 10.3 Å². The Kier molecular flexibility index (Phi) is 4.82. The molecule has 2 rings (SSSR count). The van der Waals surface area contributed by atoms with Crippen molar-refractivity contribution < 1.29 is 13.2 Å². The Morgan fingerprint density at radius 2 is 1.86 bits per heavy atom. The second-order valence-corrected chi connectivity index (χ2v) is 7.09. The van der Waals surface area contributed by atoms with Crippen molar-refractivity contribution in [1.29, 1.82) is 0 Å². The SMILES string of the molecule is O=C(NCc1ccc(S(=O)(=O)Cl)cc1)c1ccncc1Cl. The second kappa shape index (κ2) is 6.43. The Morgan fingerprint density at radius 3 is 2.43 bits per heavy atom. The number of hydrogen-bond donors (Lipinski definition) is 1. The zero-order valence-corrected chi connectivity index (χ0v) is 12.9. The number of nitrogens with one attached hydrogen (secondary N) is 1. The quantitative estimate of drug-likeness (QED) is 0.865. The minimum Gasteiger partial charge on any atom is -0.348 e. The summed E-state index contributed by atoms with van der Waals surface area (Å²) in [6.07, 6.45) is 2.86. The lowest BCUT2D eigenvalue weighted by Crippen LogP contribution is -2.23. The summed E-state index contributed by atoms with van der Waals surface area (Å²) in [5.74, 6) is -0.337. The van der Waals surface area contributed by atoms with Gasteiger partial charge in [-0.1, -0.05) is 23.7 Å². The van der Waals surface area contributed by atoms with Gasteiger partial charge in [-0.25, -0.2) is 8.42 Å². The molecule has 0 radical (unpaired) electrons. The predicted molar refractivity (Wildman–Crippen MR) is 79.9 cm³/mol. The van der Waals surface area contributed by atoms with Gasteiger partial charge in [-0.3, -0.25) is 9.78 Å². The van der Waals surface area contributed by atoms with E-state index in [1.54, 1.807) is 12.1 Å². The van der Waals surface area contributed by atoms with E-state index >= 15 is 0 Å². The van der Waals surface area contributed by atoms with E-state index in [4.69, 9.17) is 22.3 Å². The number of halogens is 2. The first kappa shape index (κ1) is 15.8. The van der Waals surface area contributed by atoms with Crippen molar-refractivity contribution in [3.8, 4) is 0 Å². The van der Waals surface area contributed by atoms with E-state index in [9.17, 15) is 13.2 Å². The highest BCUT2D eigenvalue weighted by atomic mass is 35.7. The van der Waals surface area contributed by atoms with Gasteiger partial charge < -0.3 is 5.32 Å². The van der Waals surface area contributed by atoms with Gasteiger partial charge in [0.05, 0.1) is 15.5 Å². The molecule has 0 saturated carbocycles. The monoisotopic (exact) mass is 344 g/mol. The fraction of sp³-hybridized carbons (Fsp3) is 0.0769. The second-order valence-electron chi connectivity index (χ2n) is 4.12. The summed E-state index contributed by atoms with van der Waals surface area (Å²) in [5, 5.41) is 2.94. The molecule has 0 atom stereocenters. The molecular weight excluding hydrogens is 335 g/mol. The van der Waals surface area contributed by atoms with Crippen LogP contribution in [0.25, 0.3) is 0 Å². The average Bonchev–Trinajstić information content (AvgIpc) is 2.45. The summed E-state index contributed by atoms with van der Waals surface area (Å²) >= 11 is 5.87. The van der Waals surface area contributed by atoms with Crippen LogP contribution in [0.5, 0.6) is 0 Å². The Morgan fingerprint density at radius 1 is 1.19 bits per heavy atom. The Balaban J connectivity index is 2.04. The molecule has 1 N–H and O–H groups in total. The maximum absolute atomic E-state index is 11.9. The van der Waals surface area contributed by atoms with Crippen molar-refractivity contribution in [3.05, 3.63) is 58.9 Å². The number of pyridine rings is 1. The molecule has 0 aliphatic heterocycles. The molecule has 5 nitrogen and oxygen atoms in total. The first-order valence-corrected chi connectivity index (χ1v) is 8.48. The van der Waals surface area contributed by atoms with Crippen LogP contribution in [-0.2, 0) is 15.6 Å². The predicted octanol–water partition coefficient (Wildman–Crippen LogP) is 2.59. The fourth-order valence-electron chi connectivity index (χ4n) is 1.61. The van der Waals surface area contributed by atoms with Crippen molar-refractivity contribution in [3.63, 3.8) is 0 Å². The summed E-state index contributed by atoms with van der Waals surface area (Å²) in [7, 11) is 1.48. The lowest BCUT2D eigenvalue weighted by molar-refractivity contribution is 0.0951. The number of nitrogens with zero attached hydrogens (tertiary/aromatic N) is 1. The number of rotatable bonds is 4. The van der Waals surface area contributed by atoms with Gasteiger partial charge in [-0.05, 0) is 23.8 Å². The van der Waals surface area contributed by atoms with Crippen LogP contribution in [0, 0.1) is 0 Å². The molecule has 21 heavy (non-hydrogen) atoms. The van der Waals surface area contributed by atoms with Crippen LogP contribution in [-0.4, -0.2) is 19.3 Å². The molecular formula is C13H10Cl2N2O3S. The summed E-state index contributed by atoms with van der Waals surface area (Å²) in [5.41, 5.74) is 1.06. The highest BCUT2D eigenvalue weighted by Crippen LogP contribution is 2.16. The van der Waals surface area contributed by atoms with Crippen molar-refractivity contribution in [2.45, 2.75) is 11.4 Å². The third-order valence-electron chi connectivity index (χ3n) is 2.68. The summed E-state index contributed by atoms with van der Waals surface area (Å²) in [4.78, 5) is 15.7. The third kappa shape index (κ3) is 4.17. The number of amides is 1. The summed E-state index contributed by atoms with van der Waals surface area (Å²) in [6.45, 7) is 0.236. The normalized spacial score (nSPS) is 11.1. The molecule has 1 aromatic carbocycles. The number of benzene rings is 1. The van der Waals surface area contributed by atoms with Crippen LogP contribution in [0.2, 0.25) is 5.02 Å². The fourth-order valence-corrected chi connectivity index (χ4v) is 2.58. The molecule has 0 unspecified atom stereocenters. The van der Waals surface area contributed by atoms with Gasteiger partial charge in [0, 0.05) is 29.6 Å². The third-order valence-corrected chi connectivity index (χ3v) is 4.35. The minimum absolute atomic E-state index is 0.0106. The van der Waals surface area contributed by atoms with Gasteiger partial charge in [0.15, 0.2) is 0 Å². The Hall–Kier alpha value is -1.63. The van der Waals surface area contributed by atoms with Gasteiger partial charge in [-0.15, -0.1) is 0 Å². The smallest absolute Gasteiger partial charge is 0.261 e. The van der Waals surface area contributed by atoms with Crippen LogP contribution < -0.4 is 5.32 Å². The number of carbonyl (C=O) groups excluding carboxylic acids is 1. The van der Waals surface area contributed by atoms with Crippen LogP contribution in [0.1, 0.15) is 15.9 Å². The first-order valence-electron chi connectivity index (χ1n) is 5.79. The van der Waals surface area contributed by atoms with Gasteiger partial charge in [-0.2, -0.15) is 0 Å². The van der Waals surface area contributed by atoms with Gasteiger partial charge in [0.25, 0.3) is 15.0 Å². The number of hydrogen-bond acceptors (Lipinski definition) is 4. The minimum atomic E-state index is -3.74. The van der Waals surface area contributed by atoms with Crippen LogP contribution >= 0.6 is 22.3 Å². The molecule has 110 valence electrons. The standard InChI is InChI=1S/C13H10Cl2N2O3S/c14-12-8-16-6-5-11(12)13(18)17-7-9-1-3-10(4-2-9)21(15,19)20/h1-6,8H,7H2,(H,17,18). The van der Waals surface area contributed by atoms with E-state index in [-0.39, 0.29) is 22.4 Å². The van der Waals surface area contributed by atoms with Crippen molar-refractivity contribution in [1.82, 2.24) is 10.3 Å². The molecule has 1 amide bonds. The molecule has 0 aliphatic rings. The average molecular weight is 345 g/mol. The largest absolute Gasteiger partial charge is 0.348 e. The Labute approximate surface area is 131 Å². The van der Waals surface area contributed by atoms with Crippen molar-refractivity contribution >= 4 is 37.2 Å². The maximum atomic E-state index is 11.9. The molecule has 2 aromatic rings. The molecule has 1 heterocycles. The number of aromatic nitrogens is 1.